The average Bonchev–Trinajstić information content (AvgIpc) is 2.02. The lowest BCUT2D eigenvalue weighted by Gasteiger charge is -2.10. The highest BCUT2D eigenvalue weighted by molar-refractivity contribution is 7.91. The zero-order chi connectivity index (χ0) is 10.9. The molecule has 0 saturated carbocycles. The Morgan fingerprint density at radius 1 is 1.43 bits per heavy atom. The maximum atomic E-state index is 11.3. The molecule has 1 aromatic carbocycles. The van der Waals surface area contributed by atoms with Gasteiger partial charge >= 0.3 is 0 Å². The molecule has 1 atom stereocenters. The fourth-order valence-corrected chi connectivity index (χ4v) is 2.93. The number of hydrogen-bond donors (Lipinski definition) is 0. The van der Waals surface area contributed by atoms with Crippen molar-refractivity contribution in [3.05, 3.63) is 27.7 Å². The molecule has 0 saturated heterocycles. The van der Waals surface area contributed by atoms with Crippen LogP contribution in [0.5, 0.6) is 0 Å². The van der Waals surface area contributed by atoms with Gasteiger partial charge in [-0.2, -0.15) is 0 Å². The predicted octanol–water partition coefficient (Wildman–Crippen LogP) is 2.93. The van der Waals surface area contributed by atoms with Crippen LogP contribution in [-0.4, -0.2) is 16.6 Å². The van der Waals surface area contributed by atoms with Crippen molar-refractivity contribution in [3.63, 3.8) is 0 Å². The lowest BCUT2D eigenvalue weighted by atomic mass is 10.1. The molecule has 1 unspecified atom stereocenters. The van der Waals surface area contributed by atoms with E-state index < -0.39 is 11.2 Å². The van der Waals surface area contributed by atoms with Crippen molar-refractivity contribution in [3.8, 4) is 0 Å². The van der Waals surface area contributed by atoms with E-state index in [2.05, 4.69) is 0 Å². The van der Waals surface area contributed by atoms with Gasteiger partial charge in [0.15, 0.2) is 10.7 Å². The zero-order valence-corrected chi connectivity index (χ0v) is 9.96. The Bertz CT molecular complexity index is 377. The third-order valence-corrected chi connectivity index (χ3v) is 3.65. The third-order valence-electron chi connectivity index (χ3n) is 1.72. The first-order chi connectivity index (χ1) is 6.45. The number of carbonyl (C=O) groups excluding carboxylic acids is 1. The topological polar surface area (TPSA) is 40.1 Å². The summed E-state index contributed by atoms with van der Waals surface area (Å²) in [6.07, 6.45) is 1.47. The molecule has 0 bridgehead atoms. The van der Waals surface area contributed by atoms with Crippen LogP contribution in [-0.2, 0) is 11.2 Å². The molecule has 0 aliphatic carbocycles. The third kappa shape index (κ3) is 2.23. The zero-order valence-electron chi connectivity index (χ0n) is 7.64. The number of halogens is 2. The summed E-state index contributed by atoms with van der Waals surface area (Å²) in [6.45, 7) is 1.40. The second kappa shape index (κ2) is 4.53. The molecule has 0 fully saturated rings. The maximum absolute atomic E-state index is 11.3. The van der Waals surface area contributed by atoms with Gasteiger partial charge in [0.25, 0.3) is 0 Å². The summed E-state index contributed by atoms with van der Waals surface area (Å²) in [4.78, 5) is 11.4. The first-order valence-corrected chi connectivity index (χ1v) is 6.09. The molecule has 0 spiro atoms. The first-order valence-electron chi connectivity index (χ1n) is 3.77. The van der Waals surface area contributed by atoms with Crippen molar-refractivity contribution in [2.75, 3.05) is 6.26 Å². The molecule has 0 aliphatic rings. The van der Waals surface area contributed by atoms with Gasteiger partial charge in [0.1, 0.15) is 11.3 Å². The summed E-state index contributed by atoms with van der Waals surface area (Å²) in [6, 6.07) is 3.06. The fraction of sp³-hybridized carbons (Fsp3) is 0.222. The van der Waals surface area contributed by atoms with Crippen molar-refractivity contribution < 1.29 is 9.35 Å². The number of Topliss-reactive ketones (excluding diaryl/α,β-unsaturated/α-hetero) is 1. The molecule has 1 rings (SSSR count). The molecule has 0 N–H and O–H groups in total. The van der Waals surface area contributed by atoms with E-state index in [0.29, 0.717) is 15.5 Å². The second-order valence-corrected chi connectivity index (χ2v) is 4.85. The highest BCUT2D eigenvalue weighted by Gasteiger charge is 2.20. The van der Waals surface area contributed by atoms with E-state index in [4.69, 9.17) is 23.2 Å². The highest BCUT2D eigenvalue weighted by Crippen LogP contribution is 2.32. The van der Waals surface area contributed by atoms with Gasteiger partial charge in [-0.05, 0) is 30.2 Å². The van der Waals surface area contributed by atoms with E-state index in [1.54, 1.807) is 0 Å². The van der Waals surface area contributed by atoms with Crippen LogP contribution in [0.1, 0.15) is 17.3 Å². The van der Waals surface area contributed by atoms with Crippen LogP contribution in [0.3, 0.4) is 0 Å². The van der Waals surface area contributed by atoms with Gasteiger partial charge in [-0.3, -0.25) is 4.79 Å². The molecule has 0 aromatic heterocycles. The molecular weight excluding hydrogens is 243 g/mol. The Balaban J connectivity index is 3.41. The van der Waals surface area contributed by atoms with E-state index in [0.717, 1.165) is 0 Å². The van der Waals surface area contributed by atoms with Crippen LogP contribution in [0.15, 0.2) is 17.0 Å². The molecule has 0 amide bonds. The quantitative estimate of drug-likeness (QED) is 0.598. The van der Waals surface area contributed by atoms with Crippen LogP contribution in [0.2, 0.25) is 10.0 Å². The van der Waals surface area contributed by atoms with E-state index in [1.807, 2.05) is 0 Å². The Kier molecular flexibility index (Phi) is 3.84. The maximum Gasteiger partial charge on any atom is 0.190 e. The Hall–Kier alpha value is -0.220. The molecule has 0 aliphatic heterocycles. The lowest BCUT2D eigenvalue weighted by Crippen LogP contribution is -2.03. The van der Waals surface area contributed by atoms with Crippen molar-refractivity contribution >= 4 is 40.2 Å². The SMILES string of the molecule is CC(=O)c1ccc(Cl)c([S+](C)[O-])c1Cl. The molecule has 76 valence electrons. The van der Waals surface area contributed by atoms with Crippen molar-refractivity contribution in [2.45, 2.75) is 11.8 Å². The summed E-state index contributed by atoms with van der Waals surface area (Å²) in [7, 11) is 0. The van der Waals surface area contributed by atoms with Gasteiger partial charge in [0.2, 0.25) is 0 Å². The van der Waals surface area contributed by atoms with Crippen LogP contribution in [0.4, 0.5) is 0 Å². The minimum absolute atomic E-state index is 0.168. The number of benzene rings is 1. The van der Waals surface area contributed by atoms with Gasteiger partial charge in [0.05, 0.1) is 5.02 Å². The minimum Gasteiger partial charge on any atom is -0.612 e. The number of carbonyl (C=O) groups is 1. The van der Waals surface area contributed by atoms with Gasteiger partial charge in [0, 0.05) is 5.56 Å². The standard InChI is InChI=1S/C9H8Cl2O2S/c1-5(12)6-3-4-7(10)9(8(6)11)14(2)13/h3-4H,1-2H3. The number of ketones is 1. The Morgan fingerprint density at radius 2 is 2.00 bits per heavy atom. The average molecular weight is 251 g/mol. The summed E-state index contributed by atoms with van der Waals surface area (Å²) >= 11 is 10.4. The molecule has 5 heteroatoms. The van der Waals surface area contributed by atoms with E-state index >= 15 is 0 Å². The van der Waals surface area contributed by atoms with E-state index in [9.17, 15) is 9.35 Å². The highest BCUT2D eigenvalue weighted by atomic mass is 35.5. The smallest absolute Gasteiger partial charge is 0.190 e. The molecule has 2 nitrogen and oxygen atoms in total. The monoisotopic (exact) mass is 250 g/mol. The first kappa shape index (κ1) is 11.9. The Morgan fingerprint density at radius 3 is 2.43 bits per heavy atom. The van der Waals surface area contributed by atoms with Crippen molar-refractivity contribution in [1.29, 1.82) is 0 Å². The largest absolute Gasteiger partial charge is 0.612 e. The summed E-state index contributed by atoms with van der Waals surface area (Å²) in [5.41, 5.74) is 0.348. The van der Waals surface area contributed by atoms with Gasteiger partial charge in [-0.1, -0.05) is 23.2 Å². The number of rotatable bonds is 2. The molecule has 0 heterocycles. The van der Waals surface area contributed by atoms with Crippen LogP contribution in [0, 0.1) is 0 Å². The van der Waals surface area contributed by atoms with Crippen molar-refractivity contribution in [2.24, 2.45) is 0 Å². The predicted molar refractivity (Wildman–Crippen MR) is 58.8 cm³/mol. The van der Waals surface area contributed by atoms with E-state index in [-0.39, 0.29) is 10.8 Å². The van der Waals surface area contributed by atoms with Gasteiger partial charge in [-0.15, -0.1) is 0 Å². The van der Waals surface area contributed by atoms with Crippen LogP contribution >= 0.6 is 23.2 Å². The summed E-state index contributed by atoms with van der Waals surface area (Å²) in [5.74, 6) is -0.168. The van der Waals surface area contributed by atoms with E-state index in [1.165, 1.54) is 25.3 Å². The number of hydrogen-bond acceptors (Lipinski definition) is 2. The van der Waals surface area contributed by atoms with Crippen molar-refractivity contribution in [1.82, 2.24) is 0 Å². The molecular formula is C9H8Cl2O2S. The molecule has 0 radical (unpaired) electrons. The van der Waals surface area contributed by atoms with Gasteiger partial charge in [-0.25, -0.2) is 0 Å². The molecule has 1 aromatic rings. The fourth-order valence-electron chi connectivity index (χ4n) is 1.07. The summed E-state index contributed by atoms with van der Waals surface area (Å²) < 4.78 is 11.3. The molecule has 14 heavy (non-hydrogen) atoms. The van der Waals surface area contributed by atoms with Gasteiger partial charge < -0.3 is 4.55 Å². The minimum atomic E-state index is -1.30. The summed E-state index contributed by atoms with van der Waals surface area (Å²) in [5, 5.41) is 0.506. The van der Waals surface area contributed by atoms with Crippen LogP contribution < -0.4 is 0 Å². The normalized spacial score (nSPS) is 12.6. The Labute approximate surface area is 95.4 Å². The van der Waals surface area contributed by atoms with Crippen LogP contribution in [0.25, 0.3) is 0 Å². The lowest BCUT2D eigenvalue weighted by molar-refractivity contribution is 0.101. The second-order valence-electron chi connectivity index (χ2n) is 2.75.